The van der Waals surface area contributed by atoms with Gasteiger partial charge in [0.25, 0.3) is 0 Å². The highest BCUT2D eigenvalue weighted by Gasteiger charge is 2.09. The average molecular weight is 296 g/mol. The molecule has 0 N–H and O–H groups in total. The number of nitrogens with zero attached hydrogens (tertiary/aromatic N) is 1. The van der Waals surface area contributed by atoms with Gasteiger partial charge in [-0.25, -0.2) is 4.98 Å². The van der Waals surface area contributed by atoms with Crippen molar-refractivity contribution in [2.24, 2.45) is 0 Å². The highest BCUT2D eigenvalue weighted by atomic mass is 35.5. The molecule has 106 valence electrons. The minimum absolute atomic E-state index is 0.517. The Morgan fingerprint density at radius 3 is 2.71 bits per heavy atom. The van der Waals surface area contributed by atoms with Crippen LogP contribution < -0.4 is 0 Å². The number of hydrogen-bond acceptors (Lipinski definition) is 1. The Bertz CT molecular complexity index is 746. The second kappa shape index (κ2) is 6.28. The van der Waals surface area contributed by atoms with Gasteiger partial charge in [0, 0.05) is 6.20 Å². The standard InChI is InChI=1S/C19H18ClN/c1-14(9-10-15-11-12-21-19(20)13-15)17-8-4-6-16-5-2-3-7-18(16)17/h2-8,11-14H,9-10H2,1H3/t14-/m0/s1. The number of aryl methyl sites for hydroxylation is 1. The van der Waals surface area contributed by atoms with Crippen molar-refractivity contribution in [3.8, 4) is 0 Å². The topological polar surface area (TPSA) is 12.9 Å². The lowest BCUT2D eigenvalue weighted by molar-refractivity contribution is 0.684. The second-order valence-electron chi connectivity index (χ2n) is 5.49. The van der Waals surface area contributed by atoms with Crippen LogP contribution in [0.2, 0.25) is 5.15 Å². The van der Waals surface area contributed by atoms with Gasteiger partial charge in [-0.2, -0.15) is 0 Å². The van der Waals surface area contributed by atoms with E-state index in [2.05, 4.69) is 54.4 Å². The summed E-state index contributed by atoms with van der Waals surface area (Å²) < 4.78 is 0. The Morgan fingerprint density at radius 2 is 1.86 bits per heavy atom. The summed E-state index contributed by atoms with van der Waals surface area (Å²) in [5.74, 6) is 0.517. The molecule has 1 atom stereocenters. The lowest BCUT2D eigenvalue weighted by Crippen LogP contribution is -1.98. The lowest BCUT2D eigenvalue weighted by atomic mass is 9.90. The van der Waals surface area contributed by atoms with Crippen molar-refractivity contribution >= 4 is 22.4 Å². The third-order valence-corrected chi connectivity index (χ3v) is 4.22. The molecule has 0 amide bonds. The van der Waals surface area contributed by atoms with Crippen LogP contribution in [0.5, 0.6) is 0 Å². The number of benzene rings is 2. The summed E-state index contributed by atoms with van der Waals surface area (Å²) in [6, 6.07) is 19.2. The van der Waals surface area contributed by atoms with Crippen molar-refractivity contribution < 1.29 is 0 Å². The fourth-order valence-corrected chi connectivity index (χ4v) is 3.01. The van der Waals surface area contributed by atoms with Crippen molar-refractivity contribution in [3.63, 3.8) is 0 Å². The minimum Gasteiger partial charge on any atom is -0.245 e. The largest absolute Gasteiger partial charge is 0.245 e. The number of pyridine rings is 1. The average Bonchev–Trinajstić information content (AvgIpc) is 2.52. The highest BCUT2D eigenvalue weighted by molar-refractivity contribution is 6.29. The van der Waals surface area contributed by atoms with Gasteiger partial charge < -0.3 is 0 Å². The first kappa shape index (κ1) is 14.1. The number of rotatable bonds is 4. The summed E-state index contributed by atoms with van der Waals surface area (Å²) in [4.78, 5) is 4.03. The maximum atomic E-state index is 5.94. The van der Waals surface area contributed by atoms with Crippen molar-refractivity contribution in [3.05, 3.63) is 77.1 Å². The Hall–Kier alpha value is -1.86. The van der Waals surface area contributed by atoms with Gasteiger partial charge in [-0.05, 0) is 52.8 Å². The van der Waals surface area contributed by atoms with Gasteiger partial charge in [-0.15, -0.1) is 0 Å². The van der Waals surface area contributed by atoms with Crippen LogP contribution in [-0.4, -0.2) is 4.98 Å². The Kier molecular flexibility index (Phi) is 4.21. The highest BCUT2D eigenvalue weighted by Crippen LogP contribution is 2.28. The first-order valence-corrected chi connectivity index (χ1v) is 7.70. The van der Waals surface area contributed by atoms with Crippen LogP contribution in [0.3, 0.4) is 0 Å². The molecule has 1 aromatic heterocycles. The van der Waals surface area contributed by atoms with Gasteiger partial charge in [0.2, 0.25) is 0 Å². The van der Waals surface area contributed by atoms with E-state index in [1.54, 1.807) is 6.20 Å². The normalized spacial score (nSPS) is 12.5. The van der Waals surface area contributed by atoms with Crippen LogP contribution in [0.25, 0.3) is 10.8 Å². The zero-order chi connectivity index (χ0) is 14.7. The first-order chi connectivity index (χ1) is 10.2. The molecule has 2 aromatic carbocycles. The molecule has 0 aliphatic carbocycles. The summed E-state index contributed by atoms with van der Waals surface area (Å²) >= 11 is 5.94. The van der Waals surface area contributed by atoms with E-state index in [-0.39, 0.29) is 0 Å². The number of hydrogen-bond donors (Lipinski definition) is 0. The number of halogens is 1. The molecule has 3 aromatic rings. The van der Waals surface area contributed by atoms with Crippen LogP contribution in [0.15, 0.2) is 60.8 Å². The third-order valence-electron chi connectivity index (χ3n) is 4.01. The van der Waals surface area contributed by atoms with Gasteiger partial charge in [-0.3, -0.25) is 0 Å². The van der Waals surface area contributed by atoms with E-state index in [4.69, 9.17) is 11.6 Å². The SMILES string of the molecule is C[C@@H](CCc1ccnc(Cl)c1)c1cccc2ccccc12. The maximum Gasteiger partial charge on any atom is 0.129 e. The van der Waals surface area contributed by atoms with Crippen LogP contribution in [0.4, 0.5) is 0 Å². The second-order valence-corrected chi connectivity index (χ2v) is 5.88. The van der Waals surface area contributed by atoms with Crippen LogP contribution in [-0.2, 0) is 6.42 Å². The van der Waals surface area contributed by atoms with Gasteiger partial charge in [0.05, 0.1) is 0 Å². The number of aromatic nitrogens is 1. The molecule has 0 unspecified atom stereocenters. The zero-order valence-corrected chi connectivity index (χ0v) is 12.8. The molecular weight excluding hydrogens is 278 g/mol. The zero-order valence-electron chi connectivity index (χ0n) is 12.1. The molecule has 0 saturated heterocycles. The monoisotopic (exact) mass is 295 g/mol. The molecule has 3 rings (SSSR count). The van der Waals surface area contributed by atoms with E-state index in [1.165, 1.54) is 21.9 Å². The molecule has 1 nitrogen and oxygen atoms in total. The molecule has 21 heavy (non-hydrogen) atoms. The summed E-state index contributed by atoms with van der Waals surface area (Å²) in [6.45, 7) is 2.30. The minimum atomic E-state index is 0.517. The third kappa shape index (κ3) is 3.25. The lowest BCUT2D eigenvalue weighted by Gasteiger charge is -2.15. The fraction of sp³-hybridized carbons (Fsp3) is 0.211. The maximum absolute atomic E-state index is 5.94. The van der Waals surface area contributed by atoms with Crippen molar-refractivity contribution in [2.45, 2.75) is 25.7 Å². The van der Waals surface area contributed by atoms with Crippen molar-refractivity contribution in [1.29, 1.82) is 0 Å². The van der Waals surface area contributed by atoms with Gasteiger partial charge >= 0.3 is 0 Å². The van der Waals surface area contributed by atoms with E-state index in [0.29, 0.717) is 11.1 Å². The molecule has 0 saturated carbocycles. The molecule has 0 aliphatic heterocycles. The van der Waals surface area contributed by atoms with Crippen LogP contribution in [0, 0.1) is 0 Å². The molecule has 2 heteroatoms. The van der Waals surface area contributed by atoms with E-state index >= 15 is 0 Å². The Morgan fingerprint density at radius 1 is 1.05 bits per heavy atom. The predicted octanol–water partition coefficient (Wildman–Crippen LogP) is 5.62. The first-order valence-electron chi connectivity index (χ1n) is 7.32. The molecule has 0 spiro atoms. The quantitative estimate of drug-likeness (QED) is 0.569. The smallest absolute Gasteiger partial charge is 0.129 e. The van der Waals surface area contributed by atoms with Crippen LogP contribution in [0.1, 0.15) is 30.4 Å². The Labute approximate surface area is 130 Å². The summed E-state index contributed by atoms with van der Waals surface area (Å²) in [7, 11) is 0. The van der Waals surface area contributed by atoms with Gasteiger partial charge in [-0.1, -0.05) is 61.0 Å². The summed E-state index contributed by atoms with van der Waals surface area (Å²) in [6.07, 6.45) is 3.90. The van der Waals surface area contributed by atoms with E-state index in [1.807, 2.05) is 12.1 Å². The van der Waals surface area contributed by atoms with Gasteiger partial charge in [0.15, 0.2) is 0 Å². The summed E-state index contributed by atoms with van der Waals surface area (Å²) in [5, 5.41) is 3.25. The summed E-state index contributed by atoms with van der Waals surface area (Å²) in [5.41, 5.74) is 2.68. The van der Waals surface area contributed by atoms with E-state index in [9.17, 15) is 0 Å². The predicted molar refractivity (Wildman–Crippen MR) is 89.9 cm³/mol. The molecule has 0 aliphatic rings. The number of fused-ring (bicyclic) bond motifs is 1. The molecule has 1 heterocycles. The van der Waals surface area contributed by atoms with Crippen molar-refractivity contribution in [2.75, 3.05) is 0 Å². The van der Waals surface area contributed by atoms with Crippen molar-refractivity contribution in [1.82, 2.24) is 4.98 Å². The van der Waals surface area contributed by atoms with Gasteiger partial charge in [0.1, 0.15) is 5.15 Å². The van der Waals surface area contributed by atoms with E-state index < -0.39 is 0 Å². The van der Waals surface area contributed by atoms with E-state index in [0.717, 1.165) is 12.8 Å². The fourth-order valence-electron chi connectivity index (χ4n) is 2.82. The Balaban J connectivity index is 1.79. The molecular formula is C19H18ClN. The molecule has 0 bridgehead atoms. The van der Waals surface area contributed by atoms with Crippen LogP contribution >= 0.6 is 11.6 Å². The molecule has 0 radical (unpaired) electrons. The molecule has 0 fully saturated rings.